The van der Waals surface area contributed by atoms with Gasteiger partial charge in [0.25, 0.3) is 0 Å². The van der Waals surface area contributed by atoms with E-state index in [1.165, 1.54) is 7.11 Å². The Morgan fingerprint density at radius 3 is 2.75 bits per heavy atom. The smallest absolute Gasteiger partial charge is 0.341 e. The molecule has 0 radical (unpaired) electrons. The first kappa shape index (κ1) is 9.31. The van der Waals surface area contributed by atoms with Gasteiger partial charge in [0.15, 0.2) is 0 Å². The monoisotopic (exact) mass is 277 g/mol. The zero-order valence-electron chi connectivity index (χ0n) is 6.50. The van der Waals surface area contributed by atoms with Crippen molar-refractivity contribution in [3.05, 3.63) is 27.3 Å². The van der Waals surface area contributed by atoms with E-state index in [1.807, 2.05) is 28.7 Å². The maximum absolute atomic E-state index is 11.1. The van der Waals surface area contributed by atoms with Crippen LogP contribution in [0.4, 0.5) is 5.69 Å². The van der Waals surface area contributed by atoms with E-state index in [0.717, 1.165) is 3.57 Å². The Morgan fingerprint density at radius 1 is 1.58 bits per heavy atom. The van der Waals surface area contributed by atoms with E-state index in [4.69, 9.17) is 5.73 Å². The van der Waals surface area contributed by atoms with Crippen LogP contribution in [0.25, 0.3) is 0 Å². The van der Waals surface area contributed by atoms with E-state index in [0.29, 0.717) is 11.3 Å². The van der Waals surface area contributed by atoms with Crippen molar-refractivity contribution in [2.24, 2.45) is 0 Å². The van der Waals surface area contributed by atoms with Crippen LogP contribution in [0.1, 0.15) is 10.4 Å². The minimum Gasteiger partial charge on any atom is -0.465 e. The Bertz CT molecular complexity index is 292. The lowest BCUT2D eigenvalue weighted by Crippen LogP contribution is -2.07. The number of rotatable bonds is 1. The highest BCUT2D eigenvalue weighted by Crippen LogP contribution is 2.19. The van der Waals surface area contributed by atoms with Gasteiger partial charge in [0, 0.05) is 9.26 Å². The first-order valence-electron chi connectivity index (χ1n) is 3.29. The third-order valence-corrected chi connectivity index (χ3v) is 2.33. The topological polar surface area (TPSA) is 52.3 Å². The highest BCUT2D eigenvalue weighted by Gasteiger charge is 2.12. The van der Waals surface area contributed by atoms with Crippen LogP contribution in [0.5, 0.6) is 0 Å². The molecule has 64 valence electrons. The molecule has 2 N–H and O–H groups in total. The van der Waals surface area contributed by atoms with E-state index < -0.39 is 5.97 Å². The number of nitrogens with two attached hydrogens (primary N) is 1. The third kappa shape index (κ3) is 1.69. The molecule has 0 saturated carbocycles. The molecule has 0 spiro atoms. The zero-order valence-corrected chi connectivity index (χ0v) is 8.66. The van der Waals surface area contributed by atoms with Crippen molar-refractivity contribution in [1.29, 1.82) is 0 Å². The van der Waals surface area contributed by atoms with Gasteiger partial charge in [0.1, 0.15) is 0 Å². The summed E-state index contributed by atoms with van der Waals surface area (Å²) in [5.41, 5.74) is 6.49. The van der Waals surface area contributed by atoms with Crippen molar-refractivity contribution in [1.82, 2.24) is 0 Å². The zero-order chi connectivity index (χ0) is 9.14. The number of nitrogen functional groups attached to an aromatic ring is 1. The van der Waals surface area contributed by atoms with E-state index in [2.05, 4.69) is 4.74 Å². The number of hydrogen-bond donors (Lipinski definition) is 1. The predicted octanol–water partition coefficient (Wildman–Crippen LogP) is 1.66. The standard InChI is InChI=1S/C8H8INO2/c1-12-8(11)7-5(9)3-2-4-6(7)10/h2-4H,10H2,1H3. The Balaban J connectivity index is 3.21. The summed E-state index contributed by atoms with van der Waals surface area (Å²) >= 11 is 2.04. The van der Waals surface area contributed by atoms with Gasteiger partial charge >= 0.3 is 5.97 Å². The maximum atomic E-state index is 11.1. The number of methoxy groups -OCH3 is 1. The largest absolute Gasteiger partial charge is 0.465 e. The molecule has 0 amide bonds. The van der Waals surface area contributed by atoms with Crippen LogP contribution in [0, 0.1) is 3.57 Å². The Kier molecular flexibility index (Phi) is 2.91. The van der Waals surface area contributed by atoms with E-state index in [-0.39, 0.29) is 0 Å². The van der Waals surface area contributed by atoms with Crippen molar-refractivity contribution in [3.63, 3.8) is 0 Å². The molecule has 0 aliphatic rings. The van der Waals surface area contributed by atoms with Gasteiger partial charge in [-0.3, -0.25) is 0 Å². The molecule has 0 atom stereocenters. The van der Waals surface area contributed by atoms with Gasteiger partial charge in [-0.2, -0.15) is 0 Å². The first-order valence-corrected chi connectivity index (χ1v) is 4.37. The van der Waals surface area contributed by atoms with Gasteiger partial charge in [0.05, 0.1) is 12.7 Å². The molecule has 3 nitrogen and oxygen atoms in total. The minimum absolute atomic E-state index is 0.391. The number of carbonyl (C=O) groups is 1. The van der Waals surface area contributed by atoms with Crippen molar-refractivity contribution in [2.45, 2.75) is 0 Å². The summed E-state index contributed by atoms with van der Waals surface area (Å²) in [5, 5.41) is 0. The van der Waals surface area contributed by atoms with Crippen LogP contribution in [0.15, 0.2) is 18.2 Å². The number of anilines is 1. The van der Waals surface area contributed by atoms with Crippen LogP contribution in [-0.4, -0.2) is 13.1 Å². The van der Waals surface area contributed by atoms with Gasteiger partial charge in [-0.25, -0.2) is 4.79 Å². The molecule has 0 fully saturated rings. The lowest BCUT2D eigenvalue weighted by molar-refractivity contribution is 0.0601. The lowest BCUT2D eigenvalue weighted by Gasteiger charge is -2.04. The summed E-state index contributed by atoms with van der Waals surface area (Å²) in [5.74, 6) is -0.391. The fourth-order valence-electron chi connectivity index (χ4n) is 0.858. The summed E-state index contributed by atoms with van der Waals surface area (Å²) in [6.07, 6.45) is 0. The molecule has 1 aromatic rings. The Morgan fingerprint density at radius 2 is 2.25 bits per heavy atom. The SMILES string of the molecule is COC(=O)c1c(N)cccc1I. The van der Waals surface area contributed by atoms with Crippen molar-refractivity contribution >= 4 is 34.2 Å². The van der Waals surface area contributed by atoms with E-state index in [9.17, 15) is 4.79 Å². The Labute approximate surface area is 84.0 Å². The van der Waals surface area contributed by atoms with Gasteiger partial charge < -0.3 is 10.5 Å². The summed E-state index contributed by atoms with van der Waals surface area (Å²) in [7, 11) is 1.34. The molecule has 0 aliphatic heterocycles. The fraction of sp³-hybridized carbons (Fsp3) is 0.125. The molecule has 0 heterocycles. The van der Waals surface area contributed by atoms with Crippen molar-refractivity contribution < 1.29 is 9.53 Å². The summed E-state index contributed by atoms with van der Waals surface area (Å²) in [4.78, 5) is 11.1. The van der Waals surface area contributed by atoms with Crippen LogP contribution >= 0.6 is 22.6 Å². The van der Waals surface area contributed by atoms with Gasteiger partial charge in [0.2, 0.25) is 0 Å². The molecule has 4 heteroatoms. The van der Waals surface area contributed by atoms with Gasteiger partial charge in [-0.1, -0.05) is 6.07 Å². The minimum atomic E-state index is -0.391. The number of benzene rings is 1. The predicted molar refractivity (Wildman–Crippen MR) is 54.9 cm³/mol. The number of ether oxygens (including phenoxy) is 1. The quantitative estimate of drug-likeness (QED) is 0.482. The van der Waals surface area contributed by atoms with Crippen LogP contribution in [0.3, 0.4) is 0 Å². The third-order valence-electron chi connectivity index (χ3n) is 1.44. The van der Waals surface area contributed by atoms with Gasteiger partial charge in [-0.05, 0) is 34.7 Å². The fourth-order valence-corrected chi connectivity index (χ4v) is 1.60. The molecule has 0 aliphatic carbocycles. The molecular weight excluding hydrogens is 269 g/mol. The number of hydrogen-bond acceptors (Lipinski definition) is 3. The van der Waals surface area contributed by atoms with Crippen molar-refractivity contribution in [3.8, 4) is 0 Å². The number of halogens is 1. The summed E-state index contributed by atoms with van der Waals surface area (Å²) < 4.78 is 5.38. The van der Waals surface area contributed by atoms with Crippen LogP contribution in [-0.2, 0) is 4.74 Å². The summed E-state index contributed by atoms with van der Waals surface area (Å²) in [6, 6.07) is 5.28. The van der Waals surface area contributed by atoms with E-state index in [1.54, 1.807) is 12.1 Å². The van der Waals surface area contributed by atoms with Crippen molar-refractivity contribution in [2.75, 3.05) is 12.8 Å². The highest BCUT2D eigenvalue weighted by molar-refractivity contribution is 14.1. The molecule has 1 aromatic carbocycles. The average Bonchev–Trinajstić information content (AvgIpc) is 2.03. The molecule has 0 aromatic heterocycles. The molecule has 12 heavy (non-hydrogen) atoms. The second-order valence-corrected chi connectivity index (χ2v) is 3.36. The molecule has 0 bridgehead atoms. The molecule has 1 rings (SSSR count). The second-order valence-electron chi connectivity index (χ2n) is 2.20. The normalized spacial score (nSPS) is 9.50. The maximum Gasteiger partial charge on any atom is 0.341 e. The number of carbonyl (C=O) groups excluding carboxylic acids is 1. The molecule has 0 saturated heterocycles. The van der Waals surface area contributed by atoms with Gasteiger partial charge in [-0.15, -0.1) is 0 Å². The average molecular weight is 277 g/mol. The van der Waals surface area contributed by atoms with Crippen LogP contribution < -0.4 is 5.73 Å². The second kappa shape index (κ2) is 3.75. The summed E-state index contributed by atoms with van der Waals surface area (Å²) in [6.45, 7) is 0. The lowest BCUT2D eigenvalue weighted by atomic mass is 10.2. The highest BCUT2D eigenvalue weighted by atomic mass is 127. The Hall–Kier alpha value is -0.780. The van der Waals surface area contributed by atoms with Crippen LogP contribution in [0.2, 0.25) is 0 Å². The number of esters is 1. The first-order chi connectivity index (χ1) is 5.66. The molecule has 0 unspecified atom stereocenters. The van der Waals surface area contributed by atoms with E-state index >= 15 is 0 Å². The molecular formula is C8H8INO2.